The summed E-state index contributed by atoms with van der Waals surface area (Å²) in [7, 11) is 0. The van der Waals surface area contributed by atoms with Crippen LogP contribution < -0.4 is 9.80 Å². The van der Waals surface area contributed by atoms with Crippen LogP contribution in [0.1, 0.15) is 43.7 Å². The fourth-order valence-electron chi connectivity index (χ4n) is 4.79. The van der Waals surface area contributed by atoms with E-state index >= 15 is 0 Å². The molecule has 1 atom stereocenters. The van der Waals surface area contributed by atoms with E-state index in [0.717, 1.165) is 25.3 Å². The van der Waals surface area contributed by atoms with E-state index in [2.05, 4.69) is 4.98 Å². The Kier molecular flexibility index (Phi) is 4.21. The van der Waals surface area contributed by atoms with Crippen molar-refractivity contribution in [3.05, 3.63) is 17.2 Å². The third-order valence-electron chi connectivity index (χ3n) is 6.28. The molecule has 4 rings (SSSR count). The van der Waals surface area contributed by atoms with E-state index in [1.54, 1.807) is 15.9 Å². The number of rotatable bonds is 4. The SMILES string of the molecule is C[C@H]1CCN1c1nc(N2CC3(CC(CC(=O)O)C3)C2)cc(C(F)(F)F)c1C#N. The normalized spacial score (nSPS) is 23.6. The first-order valence-electron chi connectivity index (χ1n) is 9.38. The second-order valence-electron chi connectivity index (χ2n) is 8.40. The number of aromatic nitrogens is 1. The average Bonchev–Trinajstić information content (AvgIpc) is 2.52. The molecule has 1 saturated carbocycles. The molecule has 6 nitrogen and oxygen atoms in total. The smallest absolute Gasteiger partial charge is 0.417 e. The highest BCUT2D eigenvalue weighted by Gasteiger charge is 2.53. The van der Waals surface area contributed by atoms with Crippen molar-refractivity contribution in [3.63, 3.8) is 0 Å². The number of anilines is 2. The summed E-state index contributed by atoms with van der Waals surface area (Å²) in [5.74, 6) is -0.304. The van der Waals surface area contributed by atoms with Gasteiger partial charge in [0, 0.05) is 37.5 Å². The van der Waals surface area contributed by atoms with Crippen LogP contribution in [0.3, 0.4) is 0 Å². The quantitative estimate of drug-likeness (QED) is 0.844. The Labute approximate surface area is 160 Å². The van der Waals surface area contributed by atoms with Crippen LogP contribution in [-0.4, -0.2) is 41.7 Å². The zero-order chi connectivity index (χ0) is 20.3. The van der Waals surface area contributed by atoms with Crippen molar-refractivity contribution in [3.8, 4) is 6.07 Å². The van der Waals surface area contributed by atoms with Gasteiger partial charge < -0.3 is 14.9 Å². The highest BCUT2D eigenvalue weighted by molar-refractivity contribution is 5.68. The van der Waals surface area contributed by atoms with Gasteiger partial charge in [0.15, 0.2) is 0 Å². The molecule has 0 bridgehead atoms. The molecule has 0 unspecified atom stereocenters. The van der Waals surface area contributed by atoms with E-state index in [1.807, 2.05) is 6.92 Å². The average molecular weight is 394 g/mol. The van der Waals surface area contributed by atoms with Crippen LogP contribution in [0, 0.1) is 22.7 Å². The van der Waals surface area contributed by atoms with Crippen LogP contribution in [0.5, 0.6) is 0 Å². The van der Waals surface area contributed by atoms with Crippen LogP contribution in [0.4, 0.5) is 24.8 Å². The first-order chi connectivity index (χ1) is 13.1. The fraction of sp³-hybridized carbons (Fsp3) is 0.632. The predicted molar refractivity (Wildman–Crippen MR) is 95.0 cm³/mol. The lowest BCUT2D eigenvalue weighted by molar-refractivity contribution is -0.140. The van der Waals surface area contributed by atoms with Crippen LogP contribution in [0.2, 0.25) is 0 Å². The van der Waals surface area contributed by atoms with Gasteiger partial charge in [-0.2, -0.15) is 18.4 Å². The molecule has 28 heavy (non-hydrogen) atoms. The highest BCUT2D eigenvalue weighted by Crippen LogP contribution is 2.54. The van der Waals surface area contributed by atoms with Crippen molar-refractivity contribution >= 4 is 17.6 Å². The lowest BCUT2D eigenvalue weighted by Gasteiger charge is -2.59. The molecule has 0 amide bonds. The summed E-state index contributed by atoms with van der Waals surface area (Å²) in [6.45, 7) is 3.65. The van der Waals surface area contributed by atoms with Crippen molar-refractivity contribution in [2.45, 2.75) is 44.8 Å². The molecule has 9 heteroatoms. The summed E-state index contributed by atoms with van der Waals surface area (Å²) in [6, 6.07) is 2.74. The number of nitriles is 1. The molecule has 0 radical (unpaired) electrons. The molecule has 150 valence electrons. The third-order valence-corrected chi connectivity index (χ3v) is 6.28. The molecule has 1 aromatic rings. The summed E-state index contributed by atoms with van der Waals surface area (Å²) in [5.41, 5.74) is -1.35. The predicted octanol–water partition coefficient (Wildman–Crippen LogP) is 3.26. The van der Waals surface area contributed by atoms with Crippen molar-refractivity contribution in [1.29, 1.82) is 5.26 Å². The molecule has 2 saturated heterocycles. The number of hydrogen-bond donors (Lipinski definition) is 1. The number of carboxylic acids is 1. The Morgan fingerprint density at radius 3 is 2.57 bits per heavy atom. The van der Waals surface area contributed by atoms with E-state index in [1.165, 1.54) is 0 Å². The lowest BCUT2D eigenvalue weighted by Crippen LogP contribution is -2.63. The fourth-order valence-corrected chi connectivity index (χ4v) is 4.79. The van der Waals surface area contributed by atoms with Gasteiger partial charge in [0.05, 0.1) is 5.56 Å². The van der Waals surface area contributed by atoms with Crippen LogP contribution >= 0.6 is 0 Å². The van der Waals surface area contributed by atoms with Gasteiger partial charge in [-0.15, -0.1) is 0 Å². The molecule has 1 aliphatic carbocycles. The van der Waals surface area contributed by atoms with E-state index in [0.29, 0.717) is 19.6 Å². The summed E-state index contributed by atoms with van der Waals surface area (Å²) >= 11 is 0. The largest absolute Gasteiger partial charge is 0.481 e. The monoisotopic (exact) mass is 394 g/mol. The Hall–Kier alpha value is -2.50. The summed E-state index contributed by atoms with van der Waals surface area (Å²) in [6.07, 6.45) is -2.05. The van der Waals surface area contributed by atoms with Gasteiger partial charge in [-0.1, -0.05) is 0 Å². The Balaban J connectivity index is 1.58. The molecule has 0 aromatic carbocycles. The van der Waals surface area contributed by atoms with Crippen LogP contribution in [0.25, 0.3) is 0 Å². The van der Waals surface area contributed by atoms with E-state index in [9.17, 15) is 23.2 Å². The number of carboxylic acid groups (broad SMARTS) is 1. The first-order valence-corrected chi connectivity index (χ1v) is 9.38. The van der Waals surface area contributed by atoms with Crippen molar-refractivity contribution < 1.29 is 23.1 Å². The van der Waals surface area contributed by atoms with E-state index in [4.69, 9.17) is 5.11 Å². The van der Waals surface area contributed by atoms with Crippen molar-refractivity contribution in [2.75, 3.05) is 29.4 Å². The summed E-state index contributed by atoms with van der Waals surface area (Å²) in [5, 5.41) is 18.2. The minimum absolute atomic E-state index is 0.00168. The number of nitrogens with zero attached hydrogens (tertiary/aromatic N) is 4. The Bertz CT molecular complexity index is 850. The van der Waals surface area contributed by atoms with E-state index in [-0.39, 0.29) is 35.4 Å². The van der Waals surface area contributed by atoms with Gasteiger partial charge in [0.1, 0.15) is 23.3 Å². The van der Waals surface area contributed by atoms with Gasteiger partial charge in [-0.25, -0.2) is 4.98 Å². The maximum absolute atomic E-state index is 13.6. The maximum atomic E-state index is 13.6. The molecule has 2 aliphatic heterocycles. The van der Waals surface area contributed by atoms with Gasteiger partial charge in [-0.05, 0) is 38.2 Å². The number of alkyl halides is 3. The zero-order valence-electron chi connectivity index (χ0n) is 15.5. The van der Waals surface area contributed by atoms with E-state index < -0.39 is 23.3 Å². The van der Waals surface area contributed by atoms with Crippen LogP contribution in [-0.2, 0) is 11.0 Å². The second-order valence-corrected chi connectivity index (χ2v) is 8.40. The third kappa shape index (κ3) is 3.05. The van der Waals surface area contributed by atoms with Gasteiger partial charge in [-0.3, -0.25) is 4.79 Å². The standard InChI is InChI=1S/C19H21F3N4O2/c1-11-2-3-26(11)17-13(8-23)14(19(20,21)22)5-15(24-17)25-9-18(10-25)6-12(7-18)4-16(27)28/h5,11-12H,2-4,6-7,9-10H2,1H3,(H,27,28)/t11-/m0/s1. The minimum atomic E-state index is -4.63. The highest BCUT2D eigenvalue weighted by atomic mass is 19.4. The number of halogens is 3. The summed E-state index contributed by atoms with van der Waals surface area (Å²) in [4.78, 5) is 18.8. The minimum Gasteiger partial charge on any atom is -0.481 e. The maximum Gasteiger partial charge on any atom is 0.417 e. The molecule has 3 heterocycles. The Morgan fingerprint density at radius 1 is 1.43 bits per heavy atom. The summed E-state index contributed by atoms with van der Waals surface area (Å²) < 4.78 is 40.8. The molecule has 3 aliphatic rings. The zero-order valence-corrected chi connectivity index (χ0v) is 15.5. The second kappa shape index (κ2) is 6.26. The van der Waals surface area contributed by atoms with Gasteiger partial charge in [0.2, 0.25) is 0 Å². The van der Waals surface area contributed by atoms with Gasteiger partial charge >= 0.3 is 12.1 Å². The van der Waals surface area contributed by atoms with Crippen molar-refractivity contribution in [1.82, 2.24) is 4.98 Å². The molecule has 1 N–H and O–H groups in total. The molecule has 1 spiro atoms. The van der Waals surface area contributed by atoms with Crippen molar-refractivity contribution in [2.24, 2.45) is 11.3 Å². The first kappa shape index (κ1) is 18.8. The number of hydrogen-bond acceptors (Lipinski definition) is 5. The molecule has 1 aromatic heterocycles. The Morgan fingerprint density at radius 2 is 2.11 bits per heavy atom. The number of aliphatic carboxylic acids is 1. The molecular weight excluding hydrogens is 373 g/mol. The number of pyridine rings is 1. The topological polar surface area (TPSA) is 80.5 Å². The number of carbonyl (C=O) groups is 1. The molecular formula is C19H21F3N4O2. The lowest BCUT2D eigenvalue weighted by atomic mass is 9.57. The van der Waals surface area contributed by atoms with Crippen LogP contribution in [0.15, 0.2) is 6.07 Å². The van der Waals surface area contributed by atoms with Gasteiger partial charge in [0.25, 0.3) is 0 Å². The molecule has 3 fully saturated rings.